The summed E-state index contributed by atoms with van der Waals surface area (Å²) in [6.45, 7) is 5.95. The highest BCUT2D eigenvalue weighted by molar-refractivity contribution is 5.94. The summed E-state index contributed by atoms with van der Waals surface area (Å²) in [5.41, 5.74) is 1.90. The predicted molar refractivity (Wildman–Crippen MR) is 129 cm³/mol. The summed E-state index contributed by atoms with van der Waals surface area (Å²) in [6, 6.07) is 12.8. The van der Waals surface area contributed by atoms with Gasteiger partial charge in [0.05, 0.1) is 0 Å². The van der Waals surface area contributed by atoms with Crippen LogP contribution in [-0.4, -0.2) is 11.1 Å². The second kappa shape index (κ2) is 14.5. The lowest BCUT2D eigenvalue weighted by molar-refractivity contribution is 0.0729. The summed E-state index contributed by atoms with van der Waals surface area (Å²) in [5.74, 6) is 0.0236. The zero-order chi connectivity index (χ0) is 22.3. The van der Waals surface area contributed by atoms with Crippen molar-refractivity contribution in [2.24, 2.45) is 0 Å². The zero-order valence-electron chi connectivity index (χ0n) is 19.1. The molecule has 0 fully saturated rings. The van der Waals surface area contributed by atoms with Gasteiger partial charge in [-0.15, -0.1) is 6.58 Å². The molecule has 0 aliphatic carbocycles. The number of phenolic OH excluding ortho intramolecular Hbond substituents is 1. The highest BCUT2D eigenvalue weighted by Crippen LogP contribution is 2.27. The molecule has 0 radical (unpaired) electrons. The van der Waals surface area contributed by atoms with E-state index in [1.165, 1.54) is 57.8 Å². The number of hydrogen-bond donors (Lipinski definition) is 1. The van der Waals surface area contributed by atoms with Crippen LogP contribution in [-0.2, 0) is 12.8 Å². The van der Waals surface area contributed by atoms with Crippen molar-refractivity contribution < 1.29 is 14.6 Å². The Bertz CT molecular complexity index is 810. The minimum Gasteiger partial charge on any atom is -0.507 e. The van der Waals surface area contributed by atoms with Crippen molar-refractivity contribution in [2.45, 2.75) is 84.0 Å². The zero-order valence-corrected chi connectivity index (χ0v) is 19.1. The molecule has 0 unspecified atom stereocenters. The van der Waals surface area contributed by atoms with E-state index in [-0.39, 0.29) is 11.3 Å². The van der Waals surface area contributed by atoms with Gasteiger partial charge in [-0.2, -0.15) is 0 Å². The molecular formula is C28H38O3. The van der Waals surface area contributed by atoms with Crippen LogP contribution in [0, 0.1) is 0 Å². The quantitative estimate of drug-likeness (QED) is 0.138. The van der Waals surface area contributed by atoms with Crippen LogP contribution in [0.15, 0.2) is 55.1 Å². The number of aromatic hydroxyl groups is 1. The number of benzene rings is 2. The molecule has 0 saturated carbocycles. The summed E-state index contributed by atoms with van der Waals surface area (Å²) in [6.07, 6.45) is 16.1. The molecule has 0 amide bonds. The smallest absolute Gasteiger partial charge is 0.347 e. The minimum absolute atomic E-state index is 0.0282. The van der Waals surface area contributed by atoms with Gasteiger partial charge in [0.2, 0.25) is 0 Å². The van der Waals surface area contributed by atoms with Gasteiger partial charge in [0, 0.05) is 0 Å². The molecule has 2 rings (SSSR count). The molecule has 3 nitrogen and oxygen atoms in total. The van der Waals surface area contributed by atoms with E-state index >= 15 is 0 Å². The molecule has 0 aromatic heterocycles. The average Bonchev–Trinajstić information content (AvgIpc) is 2.77. The Morgan fingerprint density at radius 1 is 0.871 bits per heavy atom. The third kappa shape index (κ3) is 8.61. The fourth-order valence-corrected chi connectivity index (χ4v) is 3.84. The Morgan fingerprint density at radius 2 is 1.48 bits per heavy atom. The van der Waals surface area contributed by atoms with E-state index < -0.39 is 5.97 Å². The number of phenols is 1. The number of aryl methyl sites for hydroxylation is 1. The van der Waals surface area contributed by atoms with Crippen molar-refractivity contribution in [3.8, 4) is 11.5 Å². The van der Waals surface area contributed by atoms with Crippen molar-refractivity contribution >= 4 is 5.97 Å². The summed E-state index contributed by atoms with van der Waals surface area (Å²) in [4.78, 5) is 12.7. The molecule has 3 heteroatoms. The second-order valence-corrected chi connectivity index (χ2v) is 8.24. The largest absolute Gasteiger partial charge is 0.507 e. The molecule has 0 bridgehead atoms. The van der Waals surface area contributed by atoms with E-state index in [0.717, 1.165) is 18.4 Å². The van der Waals surface area contributed by atoms with E-state index in [1.54, 1.807) is 24.3 Å². The van der Waals surface area contributed by atoms with Crippen LogP contribution in [0.1, 0.15) is 92.6 Å². The number of allylic oxidation sites excluding steroid dienone is 1. The molecule has 2 aromatic carbocycles. The van der Waals surface area contributed by atoms with Crippen LogP contribution < -0.4 is 4.74 Å². The van der Waals surface area contributed by atoms with Gasteiger partial charge in [-0.25, -0.2) is 4.79 Å². The van der Waals surface area contributed by atoms with Crippen LogP contribution in [0.3, 0.4) is 0 Å². The lowest BCUT2D eigenvalue weighted by Gasteiger charge is -2.12. The Kier molecular flexibility index (Phi) is 11.5. The van der Waals surface area contributed by atoms with Crippen molar-refractivity contribution in [3.05, 3.63) is 71.8 Å². The number of ether oxygens (including phenoxy) is 1. The number of carbonyl (C=O) groups excluding carboxylic acids is 1. The molecule has 0 atom stereocenters. The Labute approximate surface area is 188 Å². The highest BCUT2D eigenvalue weighted by Gasteiger charge is 2.17. The molecule has 0 heterocycles. The number of unbranched alkanes of at least 4 members (excludes halogenated alkanes) is 9. The predicted octanol–water partition coefficient (Wildman–Crippen LogP) is 7.80. The van der Waals surface area contributed by atoms with Gasteiger partial charge in [0.15, 0.2) is 0 Å². The number of para-hydroxylation sites is 2. The van der Waals surface area contributed by atoms with Crippen molar-refractivity contribution in [3.63, 3.8) is 0 Å². The molecule has 0 aliphatic rings. The van der Waals surface area contributed by atoms with Gasteiger partial charge >= 0.3 is 5.97 Å². The lowest BCUT2D eigenvalue weighted by Crippen LogP contribution is -2.11. The fourth-order valence-electron chi connectivity index (χ4n) is 3.84. The SMILES string of the molecule is C=CCc1cccc(C(=O)Oc2ccccc2CCCCCCCCCCCC)c1O. The van der Waals surface area contributed by atoms with Crippen molar-refractivity contribution in [2.75, 3.05) is 0 Å². The summed E-state index contributed by atoms with van der Waals surface area (Å²) >= 11 is 0. The molecule has 1 N–H and O–H groups in total. The van der Waals surface area contributed by atoms with E-state index in [0.29, 0.717) is 17.7 Å². The normalized spacial score (nSPS) is 10.7. The van der Waals surface area contributed by atoms with E-state index in [4.69, 9.17) is 4.74 Å². The van der Waals surface area contributed by atoms with Gasteiger partial charge in [-0.05, 0) is 42.5 Å². The van der Waals surface area contributed by atoms with Gasteiger partial charge in [-0.1, -0.05) is 101 Å². The van der Waals surface area contributed by atoms with E-state index in [2.05, 4.69) is 13.5 Å². The molecule has 0 spiro atoms. The first-order valence-electron chi connectivity index (χ1n) is 11.9. The van der Waals surface area contributed by atoms with Crippen LogP contribution in [0.4, 0.5) is 0 Å². The van der Waals surface area contributed by atoms with Crippen molar-refractivity contribution in [1.82, 2.24) is 0 Å². The van der Waals surface area contributed by atoms with Crippen LogP contribution in [0.5, 0.6) is 11.5 Å². The maximum atomic E-state index is 12.7. The molecule has 31 heavy (non-hydrogen) atoms. The minimum atomic E-state index is -0.529. The Hall–Kier alpha value is -2.55. The third-order valence-electron chi connectivity index (χ3n) is 5.68. The van der Waals surface area contributed by atoms with Gasteiger partial charge in [0.25, 0.3) is 0 Å². The number of rotatable bonds is 15. The second-order valence-electron chi connectivity index (χ2n) is 8.24. The highest BCUT2D eigenvalue weighted by atomic mass is 16.5. The van der Waals surface area contributed by atoms with Gasteiger partial charge in [0.1, 0.15) is 17.1 Å². The molecule has 2 aromatic rings. The average molecular weight is 423 g/mol. The standard InChI is InChI=1S/C28H38O3/c1-3-5-6-7-8-9-10-11-12-13-18-23-19-14-15-22-26(23)31-28(30)25-21-16-20-24(17-4-2)27(25)29/h4,14-16,19-22,29H,2-3,5-13,17-18H2,1H3. The van der Waals surface area contributed by atoms with Crippen molar-refractivity contribution in [1.29, 1.82) is 0 Å². The lowest BCUT2D eigenvalue weighted by atomic mass is 10.0. The molecule has 168 valence electrons. The Morgan fingerprint density at radius 3 is 2.16 bits per heavy atom. The first kappa shape index (κ1) is 24.7. The molecule has 0 aliphatic heterocycles. The van der Waals surface area contributed by atoms with Crippen LogP contribution in [0.2, 0.25) is 0 Å². The summed E-state index contributed by atoms with van der Waals surface area (Å²) in [5, 5.41) is 10.4. The van der Waals surface area contributed by atoms with E-state index in [1.807, 2.05) is 24.3 Å². The molecular weight excluding hydrogens is 384 g/mol. The number of carbonyl (C=O) groups is 1. The summed E-state index contributed by atoms with van der Waals surface area (Å²) < 4.78 is 5.66. The number of esters is 1. The third-order valence-corrected chi connectivity index (χ3v) is 5.68. The topological polar surface area (TPSA) is 46.5 Å². The van der Waals surface area contributed by atoms with Gasteiger partial charge in [-0.3, -0.25) is 0 Å². The number of hydrogen-bond acceptors (Lipinski definition) is 3. The maximum Gasteiger partial charge on any atom is 0.347 e. The van der Waals surface area contributed by atoms with Crippen LogP contribution >= 0.6 is 0 Å². The maximum absolute atomic E-state index is 12.7. The molecule has 0 saturated heterocycles. The van der Waals surface area contributed by atoms with Gasteiger partial charge < -0.3 is 9.84 Å². The van der Waals surface area contributed by atoms with Crippen LogP contribution in [0.25, 0.3) is 0 Å². The van der Waals surface area contributed by atoms with E-state index in [9.17, 15) is 9.90 Å². The monoisotopic (exact) mass is 422 g/mol. The fraction of sp³-hybridized carbons (Fsp3) is 0.464. The Balaban J connectivity index is 1.81. The first-order valence-corrected chi connectivity index (χ1v) is 11.9. The summed E-state index contributed by atoms with van der Waals surface area (Å²) in [7, 11) is 0. The first-order chi connectivity index (χ1) is 15.2.